The van der Waals surface area contributed by atoms with Crippen molar-refractivity contribution in [1.29, 1.82) is 0 Å². The van der Waals surface area contributed by atoms with Crippen molar-refractivity contribution in [1.82, 2.24) is 10.6 Å². The Kier molecular flexibility index (Phi) is 5.61. The van der Waals surface area contributed by atoms with E-state index in [0.717, 1.165) is 6.54 Å². The average molecular weight is 247 g/mol. The van der Waals surface area contributed by atoms with Crippen LogP contribution in [0.2, 0.25) is 0 Å². The lowest BCUT2D eigenvalue weighted by molar-refractivity contribution is 0.364. The summed E-state index contributed by atoms with van der Waals surface area (Å²) in [5.74, 6) is 0. The van der Waals surface area contributed by atoms with Crippen LogP contribution in [0.4, 0.5) is 0 Å². The highest BCUT2D eigenvalue weighted by molar-refractivity contribution is 7.10. The molecule has 86 valence electrons. The maximum Gasteiger partial charge on any atom is 0.0388 e. The molecule has 2 nitrogen and oxygen atoms in total. The van der Waals surface area contributed by atoms with Crippen LogP contribution in [0.25, 0.3) is 0 Å². The SMILES string of the molecule is CC(NC1CCCNC1)c1cccs1.Cl. The maximum absolute atomic E-state index is 3.67. The lowest BCUT2D eigenvalue weighted by atomic mass is 10.1. The van der Waals surface area contributed by atoms with E-state index in [2.05, 4.69) is 35.1 Å². The number of hydrogen-bond acceptors (Lipinski definition) is 3. The van der Waals surface area contributed by atoms with Gasteiger partial charge in [-0.3, -0.25) is 0 Å². The number of halogens is 1. The van der Waals surface area contributed by atoms with Crippen LogP contribution in [-0.4, -0.2) is 19.1 Å². The fraction of sp³-hybridized carbons (Fsp3) is 0.636. The van der Waals surface area contributed by atoms with Crippen LogP contribution < -0.4 is 10.6 Å². The second-order valence-electron chi connectivity index (χ2n) is 3.95. The Balaban J connectivity index is 0.00000112. The summed E-state index contributed by atoms with van der Waals surface area (Å²) in [4.78, 5) is 1.44. The Morgan fingerprint density at radius 2 is 2.47 bits per heavy atom. The molecule has 0 saturated carbocycles. The van der Waals surface area contributed by atoms with Crippen molar-refractivity contribution in [3.05, 3.63) is 22.4 Å². The highest BCUT2D eigenvalue weighted by atomic mass is 35.5. The molecule has 0 aliphatic carbocycles. The minimum absolute atomic E-state index is 0. The number of thiophene rings is 1. The molecule has 1 aromatic rings. The molecule has 0 aromatic carbocycles. The third-order valence-electron chi connectivity index (χ3n) is 2.75. The fourth-order valence-corrected chi connectivity index (χ4v) is 2.71. The molecule has 0 amide bonds. The Morgan fingerprint density at radius 3 is 3.07 bits per heavy atom. The summed E-state index contributed by atoms with van der Waals surface area (Å²) in [6.07, 6.45) is 2.61. The largest absolute Gasteiger partial charge is 0.315 e. The van der Waals surface area contributed by atoms with Gasteiger partial charge in [-0.05, 0) is 37.8 Å². The van der Waals surface area contributed by atoms with E-state index in [-0.39, 0.29) is 12.4 Å². The topological polar surface area (TPSA) is 24.1 Å². The van der Waals surface area contributed by atoms with Crippen molar-refractivity contribution in [2.45, 2.75) is 31.8 Å². The summed E-state index contributed by atoms with van der Waals surface area (Å²) >= 11 is 1.84. The molecule has 1 saturated heterocycles. The van der Waals surface area contributed by atoms with Gasteiger partial charge in [-0.15, -0.1) is 23.7 Å². The molecule has 1 fully saturated rings. The van der Waals surface area contributed by atoms with Crippen LogP contribution >= 0.6 is 23.7 Å². The van der Waals surface area contributed by atoms with Gasteiger partial charge in [-0.25, -0.2) is 0 Å². The number of hydrogen-bond donors (Lipinski definition) is 2. The molecule has 2 N–H and O–H groups in total. The quantitative estimate of drug-likeness (QED) is 0.857. The van der Waals surface area contributed by atoms with Gasteiger partial charge in [0, 0.05) is 23.5 Å². The van der Waals surface area contributed by atoms with E-state index in [4.69, 9.17) is 0 Å². The molecule has 15 heavy (non-hydrogen) atoms. The zero-order valence-corrected chi connectivity index (χ0v) is 10.7. The second-order valence-corrected chi connectivity index (χ2v) is 4.93. The summed E-state index contributed by atoms with van der Waals surface area (Å²) < 4.78 is 0. The monoisotopic (exact) mass is 246 g/mol. The van der Waals surface area contributed by atoms with E-state index < -0.39 is 0 Å². The molecule has 1 aliphatic heterocycles. The van der Waals surface area contributed by atoms with Crippen molar-refractivity contribution in [3.8, 4) is 0 Å². The van der Waals surface area contributed by atoms with Crippen LogP contribution in [0, 0.1) is 0 Å². The van der Waals surface area contributed by atoms with Crippen LogP contribution in [-0.2, 0) is 0 Å². The molecule has 1 aromatic heterocycles. The predicted octanol–water partition coefficient (Wildman–Crippen LogP) is 2.57. The summed E-state index contributed by atoms with van der Waals surface area (Å²) in [7, 11) is 0. The first-order valence-corrected chi connectivity index (χ1v) is 6.24. The number of piperidine rings is 1. The number of nitrogens with one attached hydrogen (secondary N) is 2. The average Bonchev–Trinajstić information content (AvgIpc) is 2.72. The van der Waals surface area contributed by atoms with Crippen LogP contribution in [0.15, 0.2) is 17.5 Å². The maximum atomic E-state index is 3.67. The van der Waals surface area contributed by atoms with Gasteiger partial charge in [0.2, 0.25) is 0 Å². The Bertz CT molecular complexity index is 258. The molecular formula is C11H19ClN2S. The van der Waals surface area contributed by atoms with Crippen molar-refractivity contribution >= 4 is 23.7 Å². The molecule has 2 rings (SSSR count). The second kappa shape index (κ2) is 6.48. The first kappa shape index (κ1) is 13.0. The lowest BCUT2D eigenvalue weighted by Gasteiger charge is -2.26. The molecule has 4 heteroatoms. The molecule has 0 bridgehead atoms. The molecule has 1 aliphatic rings. The third kappa shape index (κ3) is 3.76. The highest BCUT2D eigenvalue weighted by Crippen LogP contribution is 2.19. The van der Waals surface area contributed by atoms with Crippen molar-refractivity contribution < 1.29 is 0 Å². The lowest BCUT2D eigenvalue weighted by Crippen LogP contribution is -2.43. The van der Waals surface area contributed by atoms with Gasteiger partial charge >= 0.3 is 0 Å². The van der Waals surface area contributed by atoms with E-state index in [1.165, 1.54) is 24.3 Å². The molecule has 2 unspecified atom stereocenters. The van der Waals surface area contributed by atoms with E-state index in [1.807, 2.05) is 11.3 Å². The Labute approximate surface area is 102 Å². The minimum atomic E-state index is 0. The number of rotatable bonds is 3. The van der Waals surface area contributed by atoms with Gasteiger partial charge in [0.25, 0.3) is 0 Å². The smallest absolute Gasteiger partial charge is 0.0388 e. The standard InChI is InChI=1S/C11H18N2S.ClH/c1-9(11-5-3-7-14-11)13-10-4-2-6-12-8-10;/h3,5,7,9-10,12-13H,2,4,6,8H2,1H3;1H. The molecule has 0 spiro atoms. The van der Waals surface area contributed by atoms with Crippen LogP contribution in [0.3, 0.4) is 0 Å². The molecular weight excluding hydrogens is 228 g/mol. The zero-order valence-electron chi connectivity index (χ0n) is 9.03. The van der Waals surface area contributed by atoms with Crippen molar-refractivity contribution in [2.75, 3.05) is 13.1 Å². The summed E-state index contributed by atoms with van der Waals surface area (Å²) in [6.45, 7) is 4.56. The first-order valence-electron chi connectivity index (χ1n) is 5.36. The normalized spacial score (nSPS) is 23.1. The van der Waals surface area contributed by atoms with Gasteiger partial charge in [0.15, 0.2) is 0 Å². The van der Waals surface area contributed by atoms with Gasteiger partial charge in [-0.1, -0.05) is 6.07 Å². The highest BCUT2D eigenvalue weighted by Gasteiger charge is 2.15. The van der Waals surface area contributed by atoms with E-state index in [9.17, 15) is 0 Å². The minimum Gasteiger partial charge on any atom is -0.315 e. The molecule has 2 heterocycles. The molecule has 2 atom stereocenters. The van der Waals surface area contributed by atoms with Crippen molar-refractivity contribution in [3.63, 3.8) is 0 Å². The fourth-order valence-electron chi connectivity index (χ4n) is 1.97. The van der Waals surface area contributed by atoms with Gasteiger partial charge in [-0.2, -0.15) is 0 Å². The van der Waals surface area contributed by atoms with Crippen LogP contribution in [0.5, 0.6) is 0 Å². The van der Waals surface area contributed by atoms with E-state index in [1.54, 1.807) is 0 Å². The first-order chi connectivity index (χ1) is 6.86. The zero-order chi connectivity index (χ0) is 9.80. The summed E-state index contributed by atoms with van der Waals surface area (Å²) in [6, 6.07) is 5.48. The molecule has 0 radical (unpaired) electrons. The predicted molar refractivity (Wildman–Crippen MR) is 69.0 cm³/mol. The summed E-state index contributed by atoms with van der Waals surface area (Å²) in [5.41, 5.74) is 0. The van der Waals surface area contributed by atoms with Gasteiger partial charge in [0.1, 0.15) is 0 Å². The Morgan fingerprint density at radius 1 is 1.60 bits per heavy atom. The summed E-state index contributed by atoms with van der Waals surface area (Å²) in [5, 5.41) is 9.24. The van der Waals surface area contributed by atoms with Gasteiger partial charge in [0.05, 0.1) is 0 Å². The van der Waals surface area contributed by atoms with E-state index in [0.29, 0.717) is 12.1 Å². The van der Waals surface area contributed by atoms with Crippen LogP contribution in [0.1, 0.15) is 30.7 Å². The van der Waals surface area contributed by atoms with Gasteiger partial charge < -0.3 is 10.6 Å². The van der Waals surface area contributed by atoms with Crippen molar-refractivity contribution in [2.24, 2.45) is 0 Å². The van der Waals surface area contributed by atoms with E-state index >= 15 is 0 Å². The Hall–Kier alpha value is -0.0900. The third-order valence-corrected chi connectivity index (χ3v) is 3.81.